The fraction of sp³-hybridized carbons (Fsp3) is 0.667. The number of halogens is 3. The molecule has 4 unspecified atom stereocenters. The summed E-state index contributed by atoms with van der Waals surface area (Å²) >= 11 is 0. The number of aliphatic hydroxyl groups is 1. The van der Waals surface area contributed by atoms with Crippen molar-refractivity contribution in [3.05, 3.63) is 29.3 Å². The second-order valence-electron chi connectivity index (χ2n) is 9.66. The van der Waals surface area contributed by atoms with Crippen LogP contribution in [0.3, 0.4) is 0 Å². The van der Waals surface area contributed by atoms with Crippen molar-refractivity contribution in [2.45, 2.75) is 75.6 Å². The number of carbonyl (C=O) groups is 2. The van der Waals surface area contributed by atoms with Gasteiger partial charge in [0.25, 0.3) is 0 Å². The van der Waals surface area contributed by atoms with Gasteiger partial charge in [-0.05, 0) is 82.3 Å². The summed E-state index contributed by atoms with van der Waals surface area (Å²) in [6.45, 7) is 4.47. The molecule has 0 aromatic heterocycles. The predicted octanol–water partition coefficient (Wildman–Crippen LogP) is 3.40. The molecule has 0 spiro atoms. The van der Waals surface area contributed by atoms with Gasteiger partial charge in [0.05, 0.1) is 12.7 Å². The van der Waals surface area contributed by atoms with Crippen molar-refractivity contribution in [1.82, 2.24) is 10.2 Å². The Balaban J connectivity index is 1.99. The van der Waals surface area contributed by atoms with Crippen LogP contribution in [0.1, 0.15) is 56.6 Å². The van der Waals surface area contributed by atoms with Crippen molar-refractivity contribution in [2.24, 2.45) is 11.7 Å². The average molecular weight is 486 g/mol. The standard InChI is InChI=1S/C24H34F3N3O4/c1-15-5-6-18(34-3)13-19(15)22-10-12-30(11-4-8-24(25,26)27)16(2)23(22,33)9-7-17(14-22)20(31)29-21(28)32/h5-6,13,16-17,33H,4,7-12,14H2,1-3H3,(H3,28,29,31,32). The Bertz CT molecular complexity index is 925. The number of fused-ring (bicyclic) bond motifs is 1. The maximum absolute atomic E-state index is 12.7. The van der Waals surface area contributed by atoms with Crippen LogP contribution in [0.4, 0.5) is 18.0 Å². The van der Waals surface area contributed by atoms with Crippen molar-refractivity contribution in [1.29, 1.82) is 0 Å². The van der Waals surface area contributed by atoms with Crippen molar-refractivity contribution < 1.29 is 32.6 Å². The van der Waals surface area contributed by atoms with E-state index < -0.39 is 47.5 Å². The van der Waals surface area contributed by atoms with Crippen LogP contribution in [0.15, 0.2) is 18.2 Å². The van der Waals surface area contributed by atoms with Gasteiger partial charge < -0.3 is 15.6 Å². The number of methoxy groups -OCH3 is 1. The first-order valence-electron chi connectivity index (χ1n) is 11.6. The summed E-state index contributed by atoms with van der Waals surface area (Å²) in [6, 6.07) is 4.24. The lowest BCUT2D eigenvalue weighted by Gasteiger charge is -2.61. The summed E-state index contributed by atoms with van der Waals surface area (Å²) in [5.74, 6) is -0.404. The fourth-order valence-electron chi connectivity index (χ4n) is 6.05. The molecule has 34 heavy (non-hydrogen) atoms. The molecule has 0 bridgehead atoms. The highest BCUT2D eigenvalue weighted by atomic mass is 19.4. The number of primary amides is 1. The molecule has 1 aliphatic carbocycles. The molecule has 2 aliphatic rings. The Labute approximate surface area is 197 Å². The quantitative estimate of drug-likeness (QED) is 0.573. The Kier molecular flexibility index (Phi) is 7.52. The molecule has 2 fully saturated rings. The Morgan fingerprint density at radius 3 is 2.65 bits per heavy atom. The predicted molar refractivity (Wildman–Crippen MR) is 120 cm³/mol. The highest BCUT2D eigenvalue weighted by molar-refractivity contribution is 5.94. The van der Waals surface area contributed by atoms with E-state index in [1.54, 1.807) is 7.11 Å². The zero-order valence-electron chi connectivity index (χ0n) is 19.9. The zero-order valence-corrected chi connectivity index (χ0v) is 19.9. The Morgan fingerprint density at radius 1 is 1.32 bits per heavy atom. The topological polar surface area (TPSA) is 105 Å². The summed E-state index contributed by atoms with van der Waals surface area (Å²) < 4.78 is 43.6. The van der Waals surface area contributed by atoms with Gasteiger partial charge in [0.2, 0.25) is 5.91 Å². The number of ether oxygens (including phenoxy) is 1. The van der Waals surface area contributed by atoms with Crippen LogP contribution in [0.25, 0.3) is 0 Å². The van der Waals surface area contributed by atoms with Crippen LogP contribution in [-0.2, 0) is 10.2 Å². The summed E-state index contributed by atoms with van der Waals surface area (Å²) in [5, 5.41) is 14.4. The number of nitrogens with zero attached hydrogens (tertiary/aromatic N) is 1. The first-order chi connectivity index (χ1) is 15.8. The third-order valence-electron chi connectivity index (χ3n) is 7.85. The second kappa shape index (κ2) is 9.73. The lowest BCUT2D eigenvalue weighted by molar-refractivity contribution is -0.169. The van der Waals surface area contributed by atoms with Gasteiger partial charge in [-0.3, -0.25) is 15.0 Å². The Morgan fingerprint density at radius 2 is 2.03 bits per heavy atom. The lowest BCUT2D eigenvalue weighted by atomic mass is 9.51. The van der Waals surface area contributed by atoms with E-state index in [2.05, 4.69) is 5.32 Å². The molecule has 1 saturated heterocycles. The summed E-state index contributed by atoms with van der Waals surface area (Å²) in [5.41, 5.74) is 4.80. The van der Waals surface area contributed by atoms with Crippen molar-refractivity contribution in [2.75, 3.05) is 20.2 Å². The summed E-state index contributed by atoms with van der Waals surface area (Å²) in [7, 11) is 1.55. The van der Waals surface area contributed by atoms with E-state index in [4.69, 9.17) is 10.5 Å². The van der Waals surface area contributed by atoms with E-state index in [0.717, 1.165) is 11.1 Å². The normalized spacial score (nSPS) is 29.9. The molecule has 1 heterocycles. The van der Waals surface area contributed by atoms with Crippen LogP contribution < -0.4 is 15.8 Å². The van der Waals surface area contributed by atoms with Gasteiger partial charge in [-0.2, -0.15) is 13.2 Å². The molecule has 0 radical (unpaired) electrons. The van der Waals surface area contributed by atoms with Crippen LogP contribution in [0.5, 0.6) is 5.75 Å². The lowest BCUT2D eigenvalue weighted by Crippen LogP contribution is -2.70. The van der Waals surface area contributed by atoms with Crippen LogP contribution >= 0.6 is 0 Å². The molecule has 4 N–H and O–H groups in total. The van der Waals surface area contributed by atoms with E-state index in [-0.39, 0.29) is 25.8 Å². The summed E-state index contributed by atoms with van der Waals surface area (Å²) in [4.78, 5) is 25.9. The van der Waals surface area contributed by atoms with Crippen LogP contribution in [-0.4, -0.2) is 60.0 Å². The number of alkyl halides is 3. The largest absolute Gasteiger partial charge is 0.497 e. The molecule has 1 aliphatic heterocycles. The molecule has 190 valence electrons. The van der Waals surface area contributed by atoms with Crippen LogP contribution in [0, 0.1) is 12.8 Å². The molecule has 10 heteroatoms. The number of nitrogens with one attached hydrogen (secondary N) is 1. The molecule has 1 aromatic rings. The first kappa shape index (κ1) is 26.3. The van der Waals surface area contributed by atoms with Gasteiger partial charge in [-0.15, -0.1) is 0 Å². The van der Waals surface area contributed by atoms with E-state index in [9.17, 15) is 27.9 Å². The number of imide groups is 1. The van der Waals surface area contributed by atoms with Gasteiger partial charge in [-0.1, -0.05) is 6.07 Å². The molecule has 1 saturated carbocycles. The average Bonchev–Trinajstić information content (AvgIpc) is 2.75. The van der Waals surface area contributed by atoms with Gasteiger partial charge in [-0.25, -0.2) is 4.79 Å². The number of amides is 3. The number of benzene rings is 1. The number of urea groups is 1. The number of piperidine rings is 1. The number of nitrogens with two attached hydrogens (primary N) is 1. The molecule has 1 aromatic carbocycles. The number of hydrogen-bond acceptors (Lipinski definition) is 5. The van der Waals surface area contributed by atoms with Crippen molar-refractivity contribution in [3.8, 4) is 5.75 Å². The molecule has 3 amide bonds. The van der Waals surface area contributed by atoms with Crippen molar-refractivity contribution in [3.63, 3.8) is 0 Å². The van der Waals surface area contributed by atoms with E-state index in [1.807, 2.05) is 36.9 Å². The van der Waals surface area contributed by atoms with E-state index in [1.165, 1.54) is 0 Å². The summed E-state index contributed by atoms with van der Waals surface area (Å²) in [6.07, 6.45) is -3.80. The number of hydrogen-bond donors (Lipinski definition) is 3. The highest BCUT2D eigenvalue weighted by Crippen LogP contribution is 2.56. The third kappa shape index (κ3) is 5.02. The highest BCUT2D eigenvalue weighted by Gasteiger charge is 2.61. The zero-order chi connectivity index (χ0) is 25.3. The van der Waals surface area contributed by atoms with Gasteiger partial charge >= 0.3 is 12.2 Å². The monoisotopic (exact) mass is 485 g/mol. The minimum Gasteiger partial charge on any atom is -0.497 e. The van der Waals surface area contributed by atoms with Crippen LogP contribution in [0.2, 0.25) is 0 Å². The van der Waals surface area contributed by atoms with Gasteiger partial charge in [0.1, 0.15) is 5.75 Å². The maximum Gasteiger partial charge on any atom is 0.389 e. The number of likely N-dealkylation sites (tertiary alicyclic amines) is 1. The first-order valence-corrected chi connectivity index (χ1v) is 11.6. The smallest absolute Gasteiger partial charge is 0.389 e. The molecule has 7 nitrogen and oxygen atoms in total. The Hall–Kier alpha value is -2.33. The second-order valence-corrected chi connectivity index (χ2v) is 9.66. The molecule has 3 rings (SSSR count). The van der Waals surface area contributed by atoms with Crippen molar-refractivity contribution >= 4 is 11.9 Å². The van der Waals surface area contributed by atoms with E-state index >= 15 is 0 Å². The number of aryl methyl sites for hydroxylation is 1. The molecular formula is C24H34F3N3O4. The third-order valence-corrected chi connectivity index (χ3v) is 7.85. The minimum absolute atomic E-state index is 0.0429. The number of rotatable bonds is 6. The van der Waals surface area contributed by atoms with Gasteiger partial charge in [0.15, 0.2) is 0 Å². The maximum atomic E-state index is 12.7. The minimum atomic E-state index is -4.22. The molecule has 4 atom stereocenters. The SMILES string of the molecule is COc1ccc(C)c(C23CCN(CCCC(F)(F)F)C(C)C2(O)CCC(C(=O)NC(N)=O)C3)c1. The molecular weight excluding hydrogens is 451 g/mol. The van der Waals surface area contributed by atoms with E-state index in [0.29, 0.717) is 25.1 Å². The van der Waals surface area contributed by atoms with Gasteiger partial charge in [0, 0.05) is 23.8 Å². The number of carbonyl (C=O) groups excluding carboxylic acids is 2. The fourth-order valence-corrected chi connectivity index (χ4v) is 6.05.